The molecule has 0 aromatic heterocycles. The van der Waals surface area contributed by atoms with E-state index in [4.69, 9.17) is 0 Å². The fourth-order valence-corrected chi connectivity index (χ4v) is 1.53. The first-order chi connectivity index (χ1) is 7.25. The molecule has 3 heteroatoms. The maximum absolute atomic E-state index is 11.0. The van der Waals surface area contributed by atoms with Crippen LogP contribution in [-0.4, -0.2) is 11.9 Å². The van der Waals surface area contributed by atoms with E-state index in [0.29, 0.717) is 6.04 Å². The maximum atomic E-state index is 11.0. The minimum absolute atomic E-state index is 0.0196. The van der Waals surface area contributed by atoms with E-state index in [0.717, 1.165) is 17.8 Å². The van der Waals surface area contributed by atoms with Crippen LogP contribution in [0.3, 0.4) is 0 Å². The van der Waals surface area contributed by atoms with E-state index >= 15 is 0 Å². The van der Waals surface area contributed by atoms with Gasteiger partial charge in [-0.1, -0.05) is 18.2 Å². The number of carbonyl (C=O) groups excluding carboxylic acids is 1. The van der Waals surface area contributed by atoms with Crippen molar-refractivity contribution < 1.29 is 4.79 Å². The Morgan fingerprint density at radius 1 is 1.40 bits per heavy atom. The predicted molar refractivity (Wildman–Crippen MR) is 60.6 cm³/mol. The lowest BCUT2D eigenvalue weighted by molar-refractivity contribution is -0.114. The van der Waals surface area contributed by atoms with Crippen LogP contribution in [-0.2, 0) is 11.3 Å². The van der Waals surface area contributed by atoms with Crippen LogP contribution in [0.1, 0.15) is 25.3 Å². The average Bonchev–Trinajstić information content (AvgIpc) is 2.99. The Morgan fingerprint density at radius 3 is 2.80 bits per heavy atom. The highest BCUT2D eigenvalue weighted by atomic mass is 16.1. The molecular weight excluding hydrogens is 188 g/mol. The molecule has 2 N–H and O–H groups in total. The topological polar surface area (TPSA) is 41.1 Å². The van der Waals surface area contributed by atoms with Crippen molar-refractivity contribution in [2.24, 2.45) is 0 Å². The molecule has 1 fully saturated rings. The van der Waals surface area contributed by atoms with Gasteiger partial charge in [-0.05, 0) is 24.5 Å². The normalized spacial score (nSPS) is 15.0. The Bertz CT molecular complexity index is 358. The summed E-state index contributed by atoms with van der Waals surface area (Å²) >= 11 is 0. The zero-order valence-electron chi connectivity index (χ0n) is 8.92. The molecule has 1 aliphatic carbocycles. The number of para-hydroxylation sites is 1. The molecule has 0 saturated heterocycles. The second-order valence-electron chi connectivity index (χ2n) is 3.99. The summed E-state index contributed by atoms with van der Waals surface area (Å²) in [7, 11) is 0. The van der Waals surface area contributed by atoms with E-state index in [1.165, 1.54) is 19.8 Å². The molecule has 0 heterocycles. The SMILES string of the molecule is CC(=O)Nc1ccccc1CNC1CC1. The first-order valence-electron chi connectivity index (χ1n) is 5.34. The van der Waals surface area contributed by atoms with E-state index in [-0.39, 0.29) is 5.91 Å². The second-order valence-corrected chi connectivity index (χ2v) is 3.99. The number of hydrogen-bond donors (Lipinski definition) is 2. The van der Waals surface area contributed by atoms with Crippen LogP contribution in [0.4, 0.5) is 5.69 Å². The monoisotopic (exact) mass is 204 g/mol. The number of anilines is 1. The molecule has 0 bridgehead atoms. The van der Waals surface area contributed by atoms with Gasteiger partial charge in [0.05, 0.1) is 0 Å². The molecule has 80 valence electrons. The molecule has 1 saturated carbocycles. The number of carbonyl (C=O) groups is 1. The Balaban J connectivity index is 2.02. The number of benzene rings is 1. The van der Waals surface area contributed by atoms with Crippen LogP contribution < -0.4 is 10.6 Å². The van der Waals surface area contributed by atoms with Crippen LogP contribution in [0.25, 0.3) is 0 Å². The molecule has 0 spiro atoms. The molecule has 0 aliphatic heterocycles. The van der Waals surface area contributed by atoms with Gasteiger partial charge in [0, 0.05) is 25.2 Å². The van der Waals surface area contributed by atoms with Gasteiger partial charge >= 0.3 is 0 Å². The highest BCUT2D eigenvalue weighted by Crippen LogP contribution is 2.21. The van der Waals surface area contributed by atoms with Crippen molar-refractivity contribution in [1.82, 2.24) is 5.32 Å². The molecular formula is C12H16N2O. The summed E-state index contributed by atoms with van der Waals surface area (Å²) in [5, 5.41) is 6.27. The van der Waals surface area contributed by atoms with Gasteiger partial charge in [-0.3, -0.25) is 4.79 Å². The highest BCUT2D eigenvalue weighted by molar-refractivity contribution is 5.89. The third-order valence-corrected chi connectivity index (χ3v) is 2.49. The summed E-state index contributed by atoms with van der Waals surface area (Å²) in [5.41, 5.74) is 2.07. The van der Waals surface area contributed by atoms with Crippen LogP contribution in [0, 0.1) is 0 Å². The second kappa shape index (κ2) is 4.45. The Kier molecular flexibility index (Phi) is 3.02. The molecule has 0 radical (unpaired) electrons. The van der Waals surface area contributed by atoms with Gasteiger partial charge in [-0.2, -0.15) is 0 Å². The fourth-order valence-electron chi connectivity index (χ4n) is 1.53. The predicted octanol–water partition coefficient (Wildman–Crippen LogP) is 1.90. The quantitative estimate of drug-likeness (QED) is 0.786. The molecule has 1 aromatic carbocycles. The molecule has 1 aliphatic rings. The molecule has 1 amide bonds. The van der Waals surface area contributed by atoms with E-state index in [1.54, 1.807) is 0 Å². The summed E-state index contributed by atoms with van der Waals surface area (Å²) in [6.07, 6.45) is 2.56. The largest absolute Gasteiger partial charge is 0.326 e. The zero-order valence-corrected chi connectivity index (χ0v) is 8.92. The first-order valence-corrected chi connectivity index (χ1v) is 5.34. The number of nitrogens with one attached hydrogen (secondary N) is 2. The van der Waals surface area contributed by atoms with Gasteiger partial charge in [0.1, 0.15) is 0 Å². The minimum atomic E-state index is -0.0196. The van der Waals surface area contributed by atoms with Crippen molar-refractivity contribution in [1.29, 1.82) is 0 Å². The molecule has 0 atom stereocenters. The van der Waals surface area contributed by atoms with Crippen LogP contribution >= 0.6 is 0 Å². The van der Waals surface area contributed by atoms with Gasteiger partial charge in [-0.15, -0.1) is 0 Å². The third kappa shape index (κ3) is 3.06. The van der Waals surface area contributed by atoms with Gasteiger partial charge in [0.2, 0.25) is 5.91 Å². The Morgan fingerprint density at radius 2 is 2.13 bits per heavy atom. The maximum Gasteiger partial charge on any atom is 0.221 e. The lowest BCUT2D eigenvalue weighted by atomic mass is 10.1. The van der Waals surface area contributed by atoms with Gasteiger partial charge in [0.15, 0.2) is 0 Å². The van der Waals surface area contributed by atoms with E-state index in [9.17, 15) is 4.79 Å². The smallest absolute Gasteiger partial charge is 0.221 e. The minimum Gasteiger partial charge on any atom is -0.326 e. The lowest BCUT2D eigenvalue weighted by Crippen LogP contribution is -2.17. The van der Waals surface area contributed by atoms with Crippen LogP contribution in [0.2, 0.25) is 0 Å². The average molecular weight is 204 g/mol. The summed E-state index contributed by atoms with van der Waals surface area (Å²) < 4.78 is 0. The lowest BCUT2D eigenvalue weighted by Gasteiger charge is -2.10. The van der Waals surface area contributed by atoms with E-state index < -0.39 is 0 Å². The van der Waals surface area contributed by atoms with Crippen molar-refractivity contribution in [3.63, 3.8) is 0 Å². The van der Waals surface area contributed by atoms with E-state index in [2.05, 4.69) is 10.6 Å². The molecule has 1 aromatic rings. The fraction of sp³-hybridized carbons (Fsp3) is 0.417. The van der Waals surface area contributed by atoms with Crippen molar-refractivity contribution >= 4 is 11.6 Å². The summed E-state index contributed by atoms with van der Waals surface area (Å²) in [5.74, 6) is -0.0196. The Labute approximate surface area is 89.9 Å². The van der Waals surface area contributed by atoms with Crippen molar-refractivity contribution in [2.75, 3.05) is 5.32 Å². The highest BCUT2D eigenvalue weighted by Gasteiger charge is 2.20. The standard InChI is InChI=1S/C12H16N2O/c1-9(15)14-12-5-3-2-4-10(12)8-13-11-6-7-11/h2-5,11,13H,6-8H2,1H3,(H,14,15). The van der Waals surface area contributed by atoms with Gasteiger partial charge < -0.3 is 10.6 Å². The van der Waals surface area contributed by atoms with Crippen molar-refractivity contribution in [3.8, 4) is 0 Å². The van der Waals surface area contributed by atoms with Crippen LogP contribution in [0.15, 0.2) is 24.3 Å². The summed E-state index contributed by atoms with van der Waals surface area (Å²) in [4.78, 5) is 11.0. The summed E-state index contributed by atoms with van der Waals surface area (Å²) in [6, 6.07) is 8.60. The van der Waals surface area contributed by atoms with Gasteiger partial charge in [0.25, 0.3) is 0 Å². The molecule has 3 nitrogen and oxygen atoms in total. The van der Waals surface area contributed by atoms with Gasteiger partial charge in [-0.25, -0.2) is 0 Å². The van der Waals surface area contributed by atoms with Crippen molar-refractivity contribution in [2.45, 2.75) is 32.4 Å². The van der Waals surface area contributed by atoms with Crippen LogP contribution in [0.5, 0.6) is 0 Å². The molecule has 15 heavy (non-hydrogen) atoms. The Hall–Kier alpha value is -1.35. The molecule has 2 rings (SSSR count). The molecule has 0 unspecified atom stereocenters. The number of amides is 1. The van der Waals surface area contributed by atoms with Crippen molar-refractivity contribution in [3.05, 3.63) is 29.8 Å². The third-order valence-electron chi connectivity index (χ3n) is 2.49. The summed E-state index contributed by atoms with van der Waals surface area (Å²) in [6.45, 7) is 2.37. The number of rotatable bonds is 4. The zero-order chi connectivity index (χ0) is 10.7. The van der Waals surface area contributed by atoms with E-state index in [1.807, 2.05) is 24.3 Å². The number of hydrogen-bond acceptors (Lipinski definition) is 2. The first kappa shape index (κ1) is 10.2.